The molecule has 2 rings (SSSR count). The first-order valence-corrected chi connectivity index (χ1v) is 9.34. The largest absolute Gasteiger partial charge is 0.380 e. The third-order valence-corrected chi connectivity index (χ3v) is 4.81. The Kier molecular flexibility index (Phi) is 4.73. The Morgan fingerprint density at radius 1 is 1.25 bits per heavy atom. The minimum atomic E-state index is -3.07. The molecule has 0 aliphatic rings. The first kappa shape index (κ1) is 15.4. The number of nitrogens with one attached hydrogen (secondary N) is 1. The predicted molar refractivity (Wildman–Crippen MR) is 86.4 cm³/mol. The van der Waals surface area contributed by atoms with Gasteiger partial charge in [-0.15, -0.1) is 11.3 Å². The van der Waals surface area contributed by atoms with E-state index in [9.17, 15) is 8.42 Å². The summed E-state index contributed by atoms with van der Waals surface area (Å²) in [6.07, 6.45) is 1.23. The molecule has 0 spiro atoms. The van der Waals surface area contributed by atoms with Crippen molar-refractivity contribution in [2.24, 2.45) is 0 Å². The number of anilines is 1. The van der Waals surface area contributed by atoms with E-state index in [1.165, 1.54) is 16.0 Å². The molecule has 1 aromatic carbocycles. The van der Waals surface area contributed by atoms with Crippen LogP contribution in [0.2, 0.25) is 5.02 Å². The lowest BCUT2D eigenvalue weighted by molar-refractivity contribution is 0.601. The van der Waals surface area contributed by atoms with E-state index in [0.29, 0.717) is 11.6 Å². The summed E-state index contributed by atoms with van der Waals surface area (Å²) in [7, 11) is -3.07. The van der Waals surface area contributed by atoms with Crippen LogP contribution in [0.1, 0.15) is 15.3 Å². The standard InChI is InChI=1S/C14H16ClNO2S2/c1-10-3-6-13(19-10)8-16-14-7-12(15)5-4-11(14)9-20(2,17)18/h3-7,16H,8-9H2,1-2H3. The van der Waals surface area contributed by atoms with Crippen molar-refractivity contribution >= 4 is 38.5 Å². The maximum absolute atomic E-state index is 11.5. The zero-order valence-electron chi connectivity index (χ0n) is 11.3. The van der Waals surface area contributed by atoms with Gasteiger partial charge < -0.3 is 5.32 Å². The highest BCUT2D eigenvalue weighted by molar-refractivity contribution is 7.89. The third kappa shape index (κ3) is 4.51. The molecular weight excluding hydrogens is 314 g/mol. The average molecular weight is 330 g/mol. The number of halogens is 1. The third-order valence-electron chi connectivity index (χ3n) is 2.74. The Bertz CT molecular complexity index is 708. The molecule has 6 heteroatoms. The van der Waals surface area contributed by atoms with Crippen LogP contribution in [0.3, 0.4) is 0 Å². The Hall–Kier alpha value is -1.04. The van der Waals surface area contributed by atoms with E-state index in [2.05, 4.69) is 24.4 Å². The van der Waals surface area contributed by atoms with Gasteiger partial charge in [0.25, 0.3) is 0 Å². The molecule has 0 atom stereocenters. The van der Waals surface area contributed by atoms with E-state index in [1.807, 2.05) is 0 Å². The smallest absolute Gasteiger partial charge is 0.151 e. The molecule has 108 valence electrons. The van der Waals surface area contributed by atoms with Gasteiger partial charge >= 0.3 is 0 Å². The number of thiophene rings is 1. The number of aryl methyl sites for hydroxylation is 1. The average Bonchev–Trinajstić information content (AvgIpc) is 2.74. The maximum atomic E-state index is 11.5. The molecular formula is C14H16ClNO2S2. The quantitative estimate of drug-likeness (QED) is 0.905. The van der Waals surface area contributed by atoms with E-state index in [-0.39, 0.29) is 5.75 Å². The fourth-order valence-corrected chi connectivity index (χ4v) is 3.70. The zero-order chi connectivity index (χ0) is 14.8. The molecule has 0 radical (unpaired) electrons. The van der Waals surface area contributed by atoms with E-state index in [0.717, 1.165) is 11.3 Å². The van der Waals surface area contributed by atoms with Gasteiger partial charge in [0, 0.05) is 33.3 Å². The molecule has 2 aromatic rings. The van der Waals surface area contributed by atoms with Gasteiger partial charge in [-0.25, -0.2) is 8.42 Å². The van der Waals surface area contributed by atoms with E-state index in [1.54, 1.807) is 29.5 Å². The predicted octanol–water partition coefficient (Wildman–Crippen LogP) is 3.87. The van der Waals surface area contributed by atoms with Gasteiger partial charge in [-0.05, 0) is 36.8 Å². The number of sulfone groups is 1. The molecule has 1 N–H and O–H groups in total. The van der Waals surface area contributed by atoms with Crippen molar-refractivity contribution in [2.45, 2.75) is 19.2 Å². The van der Waals surface area contributed by atoms with Gasteiger partial charge in [0.15, 0.2) is 9.84 Å². The summed E-state index contributed by atoms with van der Waals surface area (Å²) in [4.78, 5) is 2.46. The van der Waals surface area contributed by atoms with Crippen molar-refractivity contribution in [3.8, 4) is 0 Å². The van der Waals surface area contributed by atoms with Crippen molar-refractivity contribution < 1.29 is 8.42 Å². The molecule has 1 aromatic heterocycles. The van der Waals surface area contributed by atoms with Gasteiger partial charge in [0.05, 0.1) is 5.75 Å². The van der Waals surface area contributed by atoms with Gasteiger partial charge in [-0.1, -0.05) is 17.7 Å². The van der Waals surface area contributed by atoms with Crippen LogP contribution in [0.5, 0.6) is 0 Å². The van der Waals surface area contributed by atoms with Crippen molar-refractivity contribution in [3.05, 3.63) is 50.7 Å². The van der Waals surface area contributed by atoms with E-state index in [4.69, 9.17) is 11.6 Å². The Labute approximate surface area is 128 Å². The highest BCUT2D eigenvalue weighted by Gasteiger charge is 2.10. The number of hydrogen-bond donors (Lipinski definition) is 1. The number of rotatable bonds is 5. The number of benzene rings is 1. The molecule has 0 amide bonds. The normalized spacial score (nSPS) is 11.6. The molecule has 0 unspecified atom stereocenters. The minimum absolute atomic E-state index is 0.00989. The van der Waals surface area contributed by atoms with Crippen LogP contribution >= 0.6 is 22.9 Å². The van der Waals surface area contributed by atoms with Gasteiger partial charge in [-0.2, -0.15) is 0 Å². The summed E-state index contributed by atoms with van der Waals surface area (Å²) in [5.74, 6) is 0.00989. The van der Waals surface area contributed by atoms with Crippen LogP contribution in [-0.4, -0.2) is 14.7 Å². The molecule has 3 nitrogen and oxygen atoms in total. The van der Waals surface area contributed by atoms with Crippen LogP contribution < -0.4 is 5.32 Å². The molecule has 0 aliphatic heterocycles. The Morgan fingerprint density at radius 2 is 2.00 bits per heavy atom. The fourth-order valence-electron chi connectivity index (χ4n) is 1.88. The topological polar surface area (TPSA) is 46.2 Å². The first-order valence-electron chi connectivity index (χ1n) is 6.09. The second kappa shape index (κ2) is 6.16. The molecule has 0 aliphatic carbocycles. The molecule has 1 heterocycles. The highest BCUT2D eigenvalue weighted by atomic mass is 35.5. The van der Waals surface area contributed by atoms with Gasteiger partial charge in [0.2, 0.25) is 0 Å². The second-order valence-corrected chi connectivity index (χ2v) is 8.69. The van der Waals surface area contributed by atoms with Crippen molar-refractivity contribution in [1.29, 1.82) is 0 Å². The molecule has 0 fully saturated rings. The fraction of sp³-hybridized carbons (Fsp3) is 0.286. The van der Waals surface area contributed by atoms with E-state index >= 15 is 0 Å². The van der Waals surface area contributed by atoms with Crippen LogP contribution in [0.15, 0.2) is 30.3 Å². The second-order valence-electron chi connectivity index (χ2n) is 4.74. The minimum Gasteiger partial charge on any atom is -0.380 e. The number of hydrogen-bond acceptors (Lipinski definition) is 4. The molecule has 0 bridgehead atoms. The van der Waals surface area contributed by atoms with Gasteiger partial charge in [0.1, 0.15) is 0 Å². The van der Waals surface area contributed by atoms with E-state index < -0.39 is 9.84 Å². The lowest BCUT2D eigenvalue weighted by Crippen LogP contribution is -2.06. The van der Waals surface area contributed by atoms with Crippen LogP contribution in [0, 0.1) is 6.92 Å². The Morgan fingerprint density at radius 3 is 2.60 bits per heavy atom. The molecule has 20 heavy (non-hydrogen) atoms. The van der Waals surface area contributed by atoms with Crippen LogP contribution in [-0.2, 0) is 22.1 Å². The highest BCUT2D eigenvalue weighted by Crippen LogP contribution is 2.24. The molecule has 0 saturated heterocycles. The lowest BCUT2D eigenvalue weighted by atomic mass is 10.2. The summed E-state index contributed by atoms with van der Waals surface area (Å²) in [6, 6.07) is 9.36. The van der Waals surface area contributed by atoms with Crippen LogP contribution in [0.4, 0.5) is 5.69 Å². The maximum Gasteiger partial charge on any atom is 0.151 e. The lowest BCUT2D eigenvalue weighted by Gasteiger charge is -2.11. The Balaban J connectivity index is 2.18. The van der Waals surface area contributed by atoms with Gasteiger partial charge in [-0.3, -0.25) is 0 Å². The first-order chi connectivity index (χ1) is 9.33. The zero-order valence-corrected chi connectivity index (χ0v) is 13.7. The summed E-state index contributed by atoms with van der Waals surface area (Å²) < 4.78 is 22.9. The van der Waals surface area contributed by atoms with Crippen molar-refractivity contribution in [2.75, 3.05) is 11.6 Å². The molecule has 0 saturated carbocycles. The van der Waals surface area contributed by atoms with Crippen molar-refractivity contribution in [1.82, 2.24) is 0 Å². The van der Waals surface area contributed by atoms with Crippen LogP contribution in [0.25, 0.3) is 0 Å². The van der Waals surface area contributed by atoms with Crippen molar-refractivity contribution in [3.63, 3.8) is 0 Å². The summed E-state index contributed by atoms with van der Waals surface area (Å²) in [5, 5.41) is 3.86. The summed E-state index contributed by atoms with van der Waals surface area (Å²) >= 11 is 7.70. The summed E-state index contributed by atoms with van der Waals surface area (Å²) in [5.41, 5.74) is 1.51. The monoisotopic (exact) mass is 329 g/mol. The SMILES string of the molecule is Cc1ccc(CNc2cc(Cl)ccc2CS(C)(=O)=O)s1. The summed E-state index contributed by atoms with van der Waals surface area (Å²) in [6.45, 7) is 2.72.